The Bertz CT molecular complexity index is 1290. The van der Waals surface area contributed by atoms with Crippen LogP contribution in [-0.2, 0) is 11.3 Å². The van der Waals surface area contributed by atoms with Crippen molar-refractivity contribution in [2.24, 2.45) is 0 Å². The highest BCUT2D eigenvalue weighted by atomic mass is 19.4. The van der Waals surface area contributed by atoms with Gasteiger partial charge in [0.2, 0.25) is 0 Å². The first-order valence-corrected chi connectivity index (χ1v) is 9.08. The number of para-hydroxylation sites is 1. The number of rotatable bonds is 5. The Labute approximate surface area is 173 Å². The number of aromatic carboxylic acids is 1. The molecule has 0 fully saturated rings. The Morgan fingerprint density at radius 1 is 1.10 bits per heavy atom. The summed E-state index contributed by atoms with van der Waals surface area (Å²) in [5, 5.41) is 11.2. The number of carbonyl (C=O) groups excluding carboxylic acids is 1. The number of alkyl halides is 3. The second kappa shape index (κ2) is 7.63. The molecular formula is C21H15F3N4O3. The van der Waals surface area contributed by atoms with E-state index in [-0.39, 0.29) is 12.1 Å². The Morgan fingerprint density at radius 3 is 2.61 bits per heavy atom. The molecule has 0 aliphatic heterocycles. The number of H-pyrrole nitrogens is 1. The molecule has 4 aromatic rings. The molecule has 31 heavy (non-hydrogen) atoms. The fraction of sp³-hybridized carbons (Fsp3) is 0.0952. The molecule has 1 amide bonds. The summed E-state index contributed by atoms with van der Waals surface area (Å²) in [4.78, 5) is 30.0. The number of amides is 1. The zero-order chi connectivity index (χ0) is 22.2. The van der Waals surface area contributed by atoms with Crippen LogP contribution in [0.5, 0.6) is 0 Å². The molecule has 158 valence electrons. The number of halogens is 3. The minimum Gasteiger partial charge on any atom is -0.478 e. The molecule has 4 rings (SSSR count). The number of aromatic amines is 1. The fourth-order valence-electron chi connectivity index (χ4n) is 3.23. The number of hydrogen-bond acceptors (Lipinski definition) is 3. The van der Waals surface area contributed by atoms with Crippen LogP contribution in [0.3, 0.4) is 0 Å². The number of nitrogens with zero attached hydrogens (tertiary/aromatic N) is 2. The average molecular weight is 428 g/mol. The molecule has 2 aromatic carbocycles. The zero-order valence-corrected chi connectivity index (χ0v) is 15.8. The van der Waals surface area contributed by atoms with Crippen LogP contribution in [0.25, 0.3) is 28.1 Å². The first kappa shape index (κ1) is 20.2. The molecule has 0 saturated carbocycles. The molecule has 10 heteroatoms. The lowest BCUT2D eigenvalue weighted by Crippen LogP contribution is -2.36. The highest BCUT2D eigenvalue weighted by molar-refractivity contribution is 6.01. The molecule has 0 aliphatic carbocycles. The largest absolute Gasteiger partial charge is 0.478 e. The summed E-state index contributed by atoms with van der Waals surface area (Å²) in [7, 11) is 0. The van der Waals surface area contributed by atoms with Crippen molar-refractivity contribution in [1.82, 2.24) is 19.9 Å². The number of aromatic nitrogens is 3. The van der Waals surface area contributed by atoms with Gasteiger partial charge in [0.25, 0.3) is 0 Å². The van der Waals surface area contributed by atoms with Crippen LogP contribution in [0.2, 0.25) is 0 Å². The first-order chi connectivity index (χ1) is 14.7. The average Bonchev–Trinajstić information content (AvgIpc) is 3.37. The van der Waals surface area contributed by atoms with Crippen LogP contribution in [-0.4, -0.2) is 37.7 Å². The van der Waals surface area contributed by atoms with E-state index in [9.17, 15) is 27.9 Å². The molecule has 0 unspecified atom stereocenters. The van der Waals surface area contributed by atoms with E-state index in [1.54, 1.807) is 59.3 Å². The number of benzene rings is 2. The van der Waals surface area contributed by atoms with E-state index in [0.29, 0.717) is 33.8 Å². The number of carboxylic acids is 1. The van der Waals surface area contributed by atoms with Crippen molar-refractivity contribution in [3.8, 4) is 17.1 Å². The van der Waals surface area contributed by atoms with E-state index in [1.165, 1.54) is 6.07 Å². The Morgan fingerprint density at radius 2 is 1.87 bits per heavy atom. The smallest absolute Gasteiger partial charge is 0.471 e. The normalized spacial score (nSPS) is 11.6. The first-order valence-electron chi connectivity index (χ1n) is 9.08. The van der Waals surface area contributed by atoms with Gasteiger partial charge in [0.05, 0.1) is 17.6 Å². The van der Waals surface area contributed by atoms with Gasteiger partial charge in [-0.15, -0.1) is 0 Å². The molecular weight excluding hydrogens is 413 g/mol. The van der Waals surface area contributed by atoms with Gasteiger partial charge in [0.15, 0.2) is 0 Å². The molecule has 0 aliphatic rings. The summed E-state index contributed by atoms with van der Waals surface area (Å²) < 4.78 is 39.0. The van der Waals surface area contributed by atoms with Gasteiger partial charge in [-0.05, 0) is 36.4 Å². The molecule has 2 aromatic heterocycles. The van der Waals surface area contributed by atoms with Crippen LogP contribution in [0.15, 0.2) is 60.8 Å². The van der Waals surface area contributed by atoms with Crippen LogP contribution in [0.1, 0.15) is 16.1 Å². The van der Waals surface area contributed by atoms with Crippen LogP contribution in [0.4, 0.5) is 13.2 Å². The molecule has 3 N–H and O–H groups in total. The maximum absolute atomic E-state index is 12.4. The third-order valence-electron chi connectivity index (χ3n) is 4.66. The van der Waals surface area contributed by atoms with Crippen LogP contribution in [0, 0.1) is 0 Å². The summed E-state index contributed by atoms with van der Waals surface area (Å²) in [6, 6.07) is 15.1. The third kappa shape index (κ3) is 4.00. The van der Waals surface area contributed by atoms with E-state index in [0.717, 1.165) is 0 Å². The number of imidazole rings is 1. The quantitative estimate of drug-likeness (QED) is 0.449. The third-order valence-corrected chi connectivity index (χ3v) is 4.66. The lowest BCUT2D eigenvalue weighted by molar-refractivity contribution is -0.173. The molecule has 0 radical (unpaired) electrons. The zero-order valence-electron chi connectivity index (χ0n) is 15.8. The molecule has 2 heterocycles. The number of nitrogens with one attached hydrogen (secondary N) is 2. The van der Waals surface area contributed by atoms with Gasteiger partial charge in [-0.25, -0.2) is 9.78 Å². The van der Waals surface area contributed by atoms with Crippen molar-refractivity contribution >= 4 is 22.9 Å². The lowest BCUT2D eigenvalue weighted by atomic mass is 10.2. The monoisotopic (exact) mass is 428 g/mol. The summed E-state index contributed by atoms with van der Waals surface area (Å²) in [6.07, 6.45) is -3.29. The van der Waals surface area contributed by atoms with Crippen molar-refractivity contribution in [3.05, 3.63) is 72.1 Å². The second-order valence-electron chi connectivity index (χ2n) is 6.69. The molecule has 0 atom stereocenters. The number of carbonyl (C=O) groups is 2. The second-order valence-corrected chi connectivity index (χ2v) is 6.69. The summed E-state index contributed by atoms with van der Waals surface area (Å²) >= 11 is 0. The van der Waals surface area contributed by atoms with Gasteiger partial charge >= 0.3 is 18.1 Å². The van der Waals surface area contributed by atoms with E-state index in [1.807, 2.05) is 5.32 Å². The van der Waals surface area contributed by atoms with Crippen molar-refractivity contribution in [2.75, 3.05) is 0 Å². The fourth-order valence-corrected chi connectivity index (χ4v) is 3.23. The Hall–Kier alpha value is -4.08. The van der Waals surface area contributed by atoms with Crippen molar-refractivity contribution < 1.29 is 27.9 Å². The van der Waals surface area contributed by atoms with Crippen LogP contribution < -0.4 is 5.32 Å². The number of fused-ring (bicyclic) bond motifs is 1. The maximum Gasteiger partial charge on any atom is 0.471 e. The maximum atomic E-state index is 12.4. The SMILES string of the molecule is O=C(O)c1cccc2[nH]c(-c3cccc(-n4cccc4CNC(=O)C(F)(F)F)c3)nc12. The highest BCUT2D eigenvalue weighted by Crippen LogP contribution is 2.25. The van der Waals surface area contributed by atoms with E-state index < -0.39 is 18.1 Å². The molecule has 0 bridgehead atoms. The lowest BCUT2D eigenvalue weighted by Gasteiger charge is -2.12. The van der Waals surface area contributed by atoms with Gasteiger partial charge in [-0.2, -0.15) is 13.2 Å². The van der Waals surface area contributed by atoms with Gasteiger partial charge < -0.3 is 20.0 Å². The predicted molar refractivity (Wildman–Crippen MR) is 106 cm³/mol. The minimum absolute atomic E-state index is 0.0734. The summed E-state index contributed by atoms with van der Waals surface area (Å²) in [5.41, 5.74) is 2.71. The van der Waals surface area contributed by atoms with Crippen molar-refractivity contribution in [2.45, 2.75) is 12.7 Å². The van der Waals surface area contributed by atoms with Crippen molar-refractivity contribution in [3.63, 3.8) is 0 Å². The van der Waals surface area contributed by atoms with Gasteiger partial charge in [-0.1, -0.05) is 18.2 Å². The van der Waals surface area contributed by atoms with Crippen molar-refractivity contribution in [1.29, 1.82) is 0 Å². The Kier molecular flexibility index (Phi) is 4.97. The standard InChI is InChI=1S/C21H15F3N4O3/c22-21(23,24)20(31)25-11-14-6-3-9-28(14)13-5-1-4-12(10-13)18-26-16-8-2-7-15(19(29)30)17(16)27-18/h1-10H,11H2,(H,25,31)(H,26,27)(H,29,30). The number of hydrogen-bond donors (Lipinski definition) is 3. The molecule has 0 spiro atoms. The van der Waals surface area contributed by atoms with E-state index in [4.69, 9.17) is 0 Å². The van der Waals surface area contributed by atoms with Gasteiger partial charge in [0.1, 0.15) is 11.3 Å². The minimum atomic E-state index is -4.95. The Balaban J connectivity index is 1.66. The van der Waals surface area contributed by atoms with Crippen LogP contribution >= 0.6 is 0 Å². The van der Waals surface area contributed by atoms with E-state index in [2.05, 4.69) is 9.97 Å². The number of carboxylic acid groups (broad SMARTS) is 1. The molecule has 7 nitrogen and oxygen atoms in total. The highest BCUT2D eigenvalue weighted by Gasteiger charge is 2.38. The predicted octanol–water partition coefficient (Wildman–Crippen LogP) is 3.90. The molecule has 0 saturated heterocycles. The van der Waals surface area contributed by atoms with E-state index >= 15 is 0 Å². The van der Waals surface area contributed by atoms with Gasteiger partial charge in [0, 0.05) is 23.1 Å². The summed E-state index contributed by atoms with van der Waals surface area (Å²) in [5.74, 6) is -2.65. The topological polar surface area (TPSA) is 100 Å². The van der Waals surface area contributed by atoms with Gasteiger partial charge in [-0.3, -0.25) is 4.79 Å². The summed E-state index contributed by atoms with van der Waals surface area (Å²) in [6.45, 7) is -0.303.